The van der Waals surface area contributed by atoms with Crippen molar-refractivity contribution in [3.8, 4) is 0 Å². The maximum absolute atomic E-state index is 10.7. The van der Waals surface area contributed by atoms with Gasteiger partial charge in [-0.1, -0.05) is 6.58 Å². The van der Waals surface area contributed by atoms with Crippen molar-refractivity contribution in [2.24, 2.45) is 11.6 Å². The summed E-state index contributed by atoms with van der Waals surface area (Å²) in [5, 5.41) is 0. The molecule has 0 saturated carbocycles. The number of nitrogens with one attached hydrogen (secondary N) is 1. The summed E-state index contributed by atoms with van der Waals surface area (Å²) in [7, 11) is 1.26. The van der Waals surface area contributed by atoms with Gasteiger partial charge in [0.05, 0.1) is 12.7 Å². The molecule has 62 valence electrons. The van der Waals surface area contributed by atoms with Crippen molar-refractivity contribution in [1.82, 2.24) is 5.43 Å². The van der Waals surface area contributed by atoms with E-state index in [9.17, 15) is 4.79 Å². The van der Waals surface area contributed by atoms with Gasteiger partial charge in [0.1, 0.15) is 5.82 Å². The molecule has 0 bridgehead atoms. The van der Waals surface area contributed by atoms with Gasteiger partial charge in [0, 0.05) is 0 Å². The number of hydrogen-bond donors (Lipinski definition) is 3. The number of ether oxygens (including phenoxy) is 1. The number of methoxy groups -OCH3 is 1. The Morgan fingerprint density at radius 1 is 1.73 bits per heavy atom. The van der Waals surface area contributed by atoms with Gasteiger partial charge in [-0.15, -0.1) is 0 Å². The lowest BCUT2D eigenvalue weighted by molar-refractivity contribution is -0.135. The van der Waals surface area contributed by atoms with Gasteiger partial charge in [-0.25, -0.2) is 10.6 Å². The Kier molecular flexibility index (Phi) is 3.76. The molecule has 0 unspecified atom stereocenters. The topological polar surface area (TPSA) is 90.4 Å². The second-order valence-corrected chi connectivity index (χ2v) is 1.76. The first kappa shape index (κ1) is 9.51. The number of esters is 1. The molecule has 0 radical (unpaired) electrons. The second kappa shape index (κ2) is 4.35. The van der Waals surface area contributed by atoms with Crippen molar-refractivity contribution in [2.45, 2.75) is 0 Å². The molecular formula is C6H11N3O2. The fraction of sp³-hybridized carbons (Fsp3) is 0.167. The van der Waals surface area contributed by atoms with E-state index in [0.717, 1.165) is 0 Å². The Hall–Kier alpha value is -1.49. The maximum atomic E-state index is 10.7. The van der Waals surface area contributed by atoms with E-state index in [4.69, 9.17) is 11.6 Å². The molecule has 0 heterocycles. The van der Waals surface area contributed by atoms with Gasteiger partial charge in [0.25, 0.3) is 0 Å². The molecule has 0 amide bonds. The molecule has 5 nitrogen and oxygen atoms in total. The molecule has 0 aliphatic rings. The normalized spacial score (nSPS) is 10.5. The Labute approximate surface area is 64.7 Å². The summed E-state index contributed by atoms with van der Waals surface area (Å²) in [4.78, 5) is 10.7. The van der Waals surface area contributed by atoms with Crippen molar-refractivity contribution >= 4 is 5.97 Å². The minimum absolute atomic E-state index is 0.142. The summed E-state index contributed by atoms with van der Waals surface area (Å²) >= 11 is 0. The molecule has 0 aliphatic carbocycles. The zero-order valence-electron chi connectivity index (χ0n) is 6.26. The number of carbonyl (C=O) groups excluding carboxylic acids is 1. The fourth-order valence-electron chi connectivity index (χ4n) is 0.419. The molecule has 5 heteroatoms. The van der Waals surface area contributed by atoms with E-state index < -0.39 is 5.97 Å². The average Bonchev–Trinajstić information content (AvgIpc) is 2.02. The Morgan fingerprint density at radius 2 is 2.27 bits per heavy atom. The Balaban J connectivity index is 4.17. The van der Waals surface area contributed by atoms with E-state index in [1.807, 2.05) is 0 Å². The predicted octanol–water partition coefficient (Wildman–Crippen LogP) is -1.02. The van der Waals surface area contributed by atoms with Crippen LogP contribution in [-0.4, -0.2) is 13.1 Å². The van der Waals surface area contributed by atoms with Gasteiger partial charge in [-0.2, -0.15) is 0 Å². The highest BCUT2D eigenvalue weighted by Crippen LogP contribution is 1.95. The van der Waals surface area contributed by atoms with Crippen LogP contribution in [0.25, 0.3) is 0 Å². The average molecular weight is 157 g/mol. The lowest BCUT2D eigenvalue weighted by Gasteiger charge is -2.00. The van der Waals surface area contributed by atoms with Crippen molar-refractivity contribution in [2.75, 3.05) is 7.11 Å². The number of carbonyl (C=O) groups is 1. The monoisotopic (exact) mass is 157 g/mol. The summed E-state index contributed by atoms with van der Waals surface area (Å²) in [6.07, 6.45) is 1.28. The van der Waals surface area contributed by atoms with E-state index in [2.05, 4.69) is 16.7 Å². The molecule has 0 aromatic rings. The molecule has 0 rings (SSSR count). The first-order valence-electron chi connectivity index (χ1n) is 2.82. The number of rotatable bonds is 3. The van der Waals surface area contributed by atoms with Crippen LogP contribution >= 0.6 is 0 Å². The molecule has 11 heavy (non-hydrogen) atoms. The van der Waals surface area contributed by atoms with Crippen LogP contribution in [0.2, 0.25) is 0 Å². The highest BCUT2D eigenvalue weighted by Gasteiger charge is 2.02. The van der Waals surface area contributed by atoms with Gasteiger partial charge < -0.3 is 15.9 Å². The van der Waals surface area contributed by atoms with Gasteiger partial charge in [0.15, 0.2) is 0 Å². The zero-order chi connectivity index (χ0) is 8.85. The third-order valence-electron chi connectivity index (χ3n) is 0.944. The van der Waals surface area contributed by atoms with Crippen LogP contribution in [0.1, 0.15) is 0 Å². The molecular weight excluding hydrogens is 146 g/mol. The molecule has 0 saturated heterocycles. The van der Waals surface area contributed by atoms with Crippen LogP contribution in [0.15, 0.2) is 24.0 Å². The zero-order valence-corrected chi connectivity index (χ0v) is 6.26. The van der Waals surface area contributed by atoms with Gasteiger partial charge in [0.2, 0.25) is 0 Å². The van der Waals surface area contributed by atoms with Crippen molar-refractivity contribution in [3.05, 3.63) is 24.0 Å². The van der Waals surface area contributed by atoms with Crippen LogP contribution < -0.4 is 17.0 Å². The third kappa shape index (κ3) is 3.27. The summed E-state index contributed by atoms with van der Waals surface area (Å²) in [5.74, 6) is 4.54. The van der Waals surface area contributed by atoms with E-state index in [-0.39, 0.29) is 11.4 Å². The van der Waals surface area contributed by atoms with Gasteiger partial charge >= 0.3 is 5.97 Å². The van der Waals surface area contributed by atoms with Crippen LogP contribution in [-0.2, 0) is 9.53 Å². The first-order chi connectivity index (χ1) is 5.11. The summed E-state index contributed by atoms with van der Waals surface area (Å²) < 4.78 is 4.35. The number of hydrogen-bond acceptors (Lipinski definition) is 5. The van der Waals surface area contributed by atoms with E-state index in [1.165, 1.54) is 13.2 Å². The molecule has 0 aliphatic heterocycles. The van der Waals surface area contributed by atoms with Gasteiger partial charge in [-0.3, -0.25) is 0 Å². The van der Waals surface area contributed by atoms with Gasteiger partial charge in [-0.05, 0) is 6.08 Å². The predicted molar refractivity (Wildman–Crippen MR) is 40.7 cm³/mol. The molecule has 0 aromatic carbocycles. The molecule has 5 N–H and O–H groups in total. The van der Waals surface area contributed by atoms with Crippen molar-refractivity contribution in [3.63, 3.8) is 0 Å². The van der Waals surface area contributed by atoms with Crippen LogP contribution in [0, 0.1) is 0 Å². The molecule has 0 atom stereocenters. The smallest absolute Gasteiger partial charge is 0.337 e. The molecule has 0 aromatic heterocycles. The van der Waals surface area contributed by atoms with Crippen molar-refractivity contribution < 1.29 is 9.53 Å². The summed E-state index contributed by atoms with van der Waals surface area (Å²) in [6, 6.07) is 0. The minimum Gasteiger partial charge on any atom is -0.465 e. The quantitative estimate of drug-likeness (QED) is 0.160. The van der Waals surface area contributed by atoms with Crippen LogP contribution in [0.5, 0.6) is 0 Å². The first-order valence-corrected chi connectivity index (χ1v) is 2.82. The lowest BCUT2D eigenvalue weighted by atomic mass is 10.3. The second-order valence-electron chi connectivity index (χ2n) is 1.76. The van der Waals surface area contributed by atoms with Crippen molar-refractivity contribution in [1.29, 1.82) is 0 Å². The lowest BCUT2D eigenvalue weighted by Crippen LogP contribution is -2.27. The Morgan fingerprint density at radius 3 is 2.64 bits per heavy atom. The largest absolute Gasteiger partial charge is 0.465 e. The highest BCUT2D eigenvalue weighted by atomic mass is 16.5. The van der Waals surface area contributed by atoms with Crippen LogP contribution in [0.4, 0.5) is 0 Å². The third-order valence-corrected chi connectivity index (χ3v) is 0.944. The van der Waals surface area contributed by atoms with E-state index >= 15 is 0 Å². The number of hydrazine groups is 1. The van der Waals surface area contributed by atoms with Crippen LogP contribution in [0.3, 0.4) is 0 Å². The fourth-order valence-corrected chi connectivity index (χ4v) is 0.419. The highest BCUT2D eigenvalue weighted by molar-refractivity contribution is 5.90. The Bertz CT molecular complexity index is 198. The summed E-state index contributed by atoms with van der Waals surface area (Å²) in [6.45, 7) is 3.39. The molecule has 0 spiro atoms. The molecule has 0 fully saturated rings. The summed E-state index contributed by atoms with van der Waals surface area (Å²) in [5.41, 5.74) is 7.51. The minimum atomic E-state index is -0.539. The van der Waals surface area contributed by atoms with E-state index in [1.54, 1.807) is 0 Å². The number of nitrogens with two attached hydrogens (primary N) is 2. The standard InChI is InChI=1S/C6H11N3O2/c1-4(6(10)11-2)3-5(7)9-8/h3,9H,1,7-8H2,2H3/b5-3-. The maximum Gasteiger partial charge on any atom is 0.337 e. The SMILES string of the molecule is C=C(/C=C(/N)NN)C(=O)OC. The van der Waals surface area contributed by atoms with E-state index in [0.29, 0.717) is 0 Å².